The van der Waals surface area contributed by atoms with Gasteiger partial charge in [0.05, 0.1) is 14.2 Å². The van der Waals surface area contributed by atoms with Crippen LogP contribution in [-0.4, -0.2) is 62.1 Å². The second-order valence-corrected chi connectivity index (χ2v) is 5.69. The van der Waals surface area contributed by atoms with Crippen LogP contribution in [0.25, 0.3) is 0 Å². The summed E-state index contributed by atoms with van der Waals surface area (Å²) in [6, 6.07) is 5.89. The van der Waals surface area contributed by atoms with Crippen molar-refractivity contribution in [1.82, 2.24) is 9.80 Å². The Labute approximate surface area is 132 Å². The number of ether oxygens (including phenoxy) is 2. The van der Waals surface area contributed by atoms with Gasteiger partial charge in [-0.2, -0.15) is 0 Å². The molecule has 0 radical (unpaired) electrons. The summed E-state index contributed by atoms with van der Waals surface area (Å²) in [6.45, 7) is 7.84. The number of benzene rings is 1. The predicted molar refractivity (Wildman–Crippen MR) is 86.8 cm³/mol. The van der Waals surface area contributed by atoms with Crippen LogP contribution in [0.3, 0.4) is 0 Å². The number of piperazine rings is 1. The number of carbonyl (C=O) groups is 1. The number of hydrogen-bond acceptors (Lipinski definition) is 4. The lowest BCUT2D eigenvalue weighted by Gasteiger charge is -2.37. The van der Waals surface area contributed by atoms with Crippen LogP contribution in [0.5, 0.6) is 11.5 Å². The molecule has 1 fully saturated rings. The van der Waals surface area contributed by atoms with E-state index in [9.17, 15) is 4.79 Å². The Morgan fingerprint density at radius 1 is 1.09 bits per heavy atom. The molecule has 0 bridgehead atoms. The fraction of sp³-hybridized carbons (Fsp3) is 0.588. The maximum Gasteiger partial charge on any atom is 0.254 e. The molecule has 1 atom stereocenters. The summed E-state index contributed by atoms with van der Waals surface area (Å²) in [5, 5.41) is 0. The smallest absolute Gasteiger partial charge is 0.254 e. The molecule has 0 N–H and O–H groups in total. The molecule has 2 rings (SSSR count). The average molecular weight is 306 g/mol. The standard InChI is InChI=1S/C17H26N2O3/c1-5-13(2)18-6-8-19(9-7-18)17(20)14-10-15(21-3)12-16(11-14)22-4/h10-13H,5-9H2,1-4H3/t13-/m0/s1. The molecule has 0 unspecified atom stereocenters. The minimum Gasteiger partial charge on any atom is -0.497 e. The van der Waals surface area contributed by atoms with E-state index in [0.717, 1.165) is 32.6 Å². The summed E-state index contributed by atoms with van der Waals surface area (Å²) < 4.78 is 10.5. The number of carbonyl (C=O) groups excluding carboxylic acids is 1. The van der Waals surface area contributed by atoms with Crippen LogP contribution in [0.15, 0.2) is 18.2 Å². The van der Waals surface area contributed by atoms with E-state index in [-0.39, 0.29) is 5.91 Å². The lowest BCUT2D eigenvalue weighted by molar-refractivity contribution is 0.0579. The number of nitrogens with zero attached hydrogens (tertiary/aromatic N) is 2. The zero-order valence-electron chi connectivity index (χ0n) is 14.0. The highest BCUT2D eigenvalue weighted by Gasteiger charge is 2.24. The maximum absolute atomic E-state index is 12.7. The van der Waals surface area contributed by atoms with Gasteiger partial charge in [-0.1, -0.05) is 6.92 Å². The van der Waals surface area contributed by atoms with E-state index in [2.05, 4.69) is 18.7 Å². The average Bonchev–Trinajstić information content (AvgIpc) is 2.59. The molecule has 1 aromatic carbocycles. The minimum absolute atomic E-state index is 0.0426. The SMILES string of the molecule is CC[C@H](C)N1CCN(C(=O)c2cc(OC)cc(OC)c2)CC1. The first-order valence-electron chi connectivity index (χ1n) is 7.85. The first kappa shape index (κ1) is 16.6. The molecule has 1 aliphatic heterocycles. The lowest BCUT2D eigenvalue weighted by atomic mass is 10.1. The third-order valence-electron chi connectivity index (χ3n) is 4.41. The van der Waals surface area contributed by atoms with Crippen molar-refractivity contribution in [3.63, 3.8) is 0 Å². The van der Waals surface area contributed by atoms with Gasteiger partial charge in [-0.25, -0.2) is 0 Å². The highest BCUT2D eigenvalue weighted by atomic mass is 16.5. The van der Waals surface area contributed by atoms with Crippen molar-refractivity contribution in [2.24, 2.45) is 0 Å². The van der Waals surface area contributed by atoms with E-state index >= 15 is 0 Å². The molecular formula is C17H26N2O3. The van der Waals surface area contributed by atoms with Gasteiger partial charge in [0.15, 0.2) is 0 Å². The monoisotopic (exact) mass is 306 g/mol. The third-order valence-corrected chi connectivity index (χ3v) is 4.41. The zero-order chi connectivity index (χ0) is 16.1. The van der Waals surface area contributed by atoms with E-state index in [1.54, 1.807) is 32.4 Å². The Morgan fingerprint density at radius 2 is 1.64 bits per heavy atom. The number of rotatable bonds is 5. The van der Waals surface area contributed by atoms with Gasteiger partial charge >= 0.3 is 0 Å². The van der Waals surface area contributed by atoms with Crippen LogP contribution in [0.4, 0.5) is 0 Å². The molecule has 1 amide bonds. The largest absolute Gasteiger partial charge is 0.497 e. The van der Waals surface area contributed by atoms with E-state index < -0.39 is 0 Å². The van der Waals surface area contributed by atoms with E-state index in [0.29, 0.717) is 23.1 Å². The second-order valence-electron chi connectivity index (χ2n) is 5.69. The van der Waals surface area contributed by atoms with E-state index in [1.807, 2.05) is 4.90 Å². The first-order chi connectivity index (χ1) is 10.6. The van der Waals surface area contributed by atoms with Gasteiger partial charge in [0.2, 0.25) is 0 Å². The summed E-state index contributed by atoms with van der Waals surface area (Å²) in [7, 11) is 3.18. The van der Waals surface area contributed by atoms with Crippen LogP contribution in [-0.2, 0) is 0 Å². The summed E-state index contributed by atoms with van der Waals surface area (Å²) in [6.07, 6.45) is 1.14. The molecular weight excluding hydrogens is 280 g/mol. The summed E-state index contributed by atoms with van der Waals surface area (Å²) in [4.78, 5) is 17.0. The van der Waals surface area contributed by atoms with Gasteiger partial charge in [-0.15, -0.1) is 0 Å². The molecule has 0 aliphatic carbocycles. The Morgan fingerprint density at radius 3 is 2.09 bits per heavy atom. The van der Waals surface area contributed by atoms with Crippen molar-refractivity contribution in [2.75, 3.05) is 40.4 Å². The molecule has 122 valence electrons. The van der Waals surface area contributed by atoms with Gasteiger partial charge < -0.3 is 14.4 Å². The Bertz CT molecular complexity index is 488. The van der Waals surface area contributed by atoms with Gasteiger partial charge in [0.1, 0.15) is 11.5 Å². The van der Waals surface area contributed by atoms with Crippen molar-refractivity contribution in [3.8, 4) is 11.5 Å². The molecule has 1 aliphatic rings. The molecule has 1 aromatic rings. The third kappa shape index (κ3) is 3.71. The quantitative estimate of drug-likeness (QED) is 0.837. The number of methoxy groups -OCH3 is 2. The summed E-state index contributed by atoms with van der Waals surface area (Å²) in [5.74, 6) is 1.32. The molecule has 1 saturated heterocycles. The minimum atomic E-state index is 0.0426. The van der Waals surface area contributed by atoms with Gasteiger partial charge in [0, 0.05) is 43.9 Å². The van der Waals surface area contributed by atoms with Crippen LogP contribution < -0.4 is 9.47 Å². The summed E-state index contributed by atoms with van der Waals surface area (Å²) in [5.41, 5.74) is 0.619. The van der Waals surface area contributed by atoms with Crippen LogP contribution in [0.2, 0.25) is 0 Å². The highest BCUT2D eigenvalue weighted by Crippen LogP contribution is 2.24. The Kier molecular flexibility index (Phi) is 5.66. The fourth-order valence-corrected chi connectivity index (χ4v) is 2.74. The van der Waals surface area contributed by atoms with Gasteiger partial charge in [-0.05, 0) is 25.5 Å². The molecule has 0 aromatic heterocycles. The Hall–Kier alpha value is -1.75. The van der Waals surface area contributed by atoms with Crippen molar-refractivity contribution < 1.29 is 14.3 Å². The number of amides is 1. The zero-order valence-corrected chi connectivity index (χ0v) is 14.0. The molecule has 0 spiro atoms. The topological polar surface area (TPSA) is 42.0 Å². The maximum atomic E-state index is 12.7. The molecule has 5 heteroatoms. The molecule has 1 heterocycles. The van der Waals surface area contributed by atoms with Crippen LogP contribution >= 0.6 is 0 Å². The fourth-order valence-electron chi connectivity index (χ4n) is 2.74. The van der Waals surface area contributed by atoms with Crippen molar-refractivity contribution in [2.45, 2.75) is 26.3 Å². The summed E-state index contributed by atoms with van der Waals surface area (Å²) >= 11 is 0. The number of hydrogen-bond donors (Lipinski definition) is 0. The highest BCUT2D eigenvalue weighted by molar-refractivity contribution is 5.95. The molecule has 5 nitrogen and oxygen atoms in total. The predicted octanol–water partition coefficient (Wildman–Crippen LogP) is 2.26. The molecule has 0 saturated carbocycles. The van der Waals surface area contributed by atoms with E-state index in [1.165, 1.54) is 0 Å². The van der Waals surface area contributed by atoms with Crippen molar-refractivity contribution >= 4 is 5.91 Å². The molecule has 22 heavy (non-hydrogen) atoms. The van der Waals surface area contributed by atoms with Crippen LogP contribution in [0, 0.1) is 0 Å². The van der Waals surface area contributed by atoms with E-state index in [4.69, 9.17) is 9.47 Å². The van der Waals surface area contributed by atoms with Crippen LogP contribution in [0.1, 0.15) is 30.6 Å². The van der Waals surface area contributed by atoms with Gasteiger partial charge in [-0.3, -0.25) is 9.69 Å². The normalized spacial score (nSPS) is 17.2. The lowest BCUT2D eigenvalue weighted by Crippen LogP contribution is -2.51. The Balaban J connectivity index is 2.06. The van der Waals surface area contributed by atoms with Crippen molar-refractivity contribution in [3.05, 3.63) is 23.8 Å². The van der Waals surface area contributed by atoms with Gasteiger partial charge in [0.25, 0.3) is 5.91 Å². The second kappa shape index (κ2) is 7.49. The van der Waals surface area contributed by atoms with Crippen molar-refractivity contribution in [1.29, 1.82) is 0 Å². The first-order valence-corrected chi connectivity index (χ1v) is 7.85.